The maximum atomic E-state index is 5.57. The third-order valence-corrected chi connectivity index (χ3v) is 2.28. The van der Waals surface area contributed by atoms with E-state index in [4.69, 9.17) is 4.74 Å². The van der Waals surface area contributed by atoms with E-state index in [1.54, 1.807) is 0 Å². The predicted molar refractivity (Wildman–Crippen MR) is 64.9 cm³/mol. The molecule has 0 aliphatic rings. The van der Waals surface area contributed by atoms with Gasteiger partial charge in [-0.2, -0.15) is 0 Å². The molecule has 0 aliphatic carbocycles. The second kappa shape index (κ2) is 7.24. The zero-order valence-corrected chi connectivity index (χ0v) is 9.70. The van der Waals surface area contributed by atoms with Crippen molar-refractivity contribution in [2.24, 2.45) is 0 Å². The van der Waals surface area contributed by atoms with Crippen LogP contribution in [0.3, 0.4) is 0 Å². The standard InChI is InChI=1S/C14H20O/c1-3-4-5-6-11-15-12-14-9-7-13(2)8-10-14/h3-4,7-10H,5-6,11-12H2,1-2H3/b4-3+. The predicted octanol–water partition coefficient (Wildman–Crippen LogP) is 3.87. The highest BCUT2D eigenvalue weighted by Gasteiger charge is 1.92. The van der Waals surface area contributed by atoms with Crippen LogP contribution in [0.5, 0.6) is 0 Å². The lowest BCUT2D eigenvalue weighted by Crippen LogP contribution is -1.94. The minimum atomic E-state index is 0.732. The molecule has 1 aromatic rings. The van der Waals surface area contributed by atoms with Gasteiger partial charge >= 0.3 is 0 Å². The Labute approximate surface area is 92.8 Å². The summed E-state index contributed by atoms with van der Waals surface area (Å²) in [5.41, 5.74) is 2.55. The second-order valence-electron chi connectivity index (χ2n) is 3.75. The topological polar surface area (TPSA) is 9.23 Å². The summed E-state index contributed by atoms with van der Waals surface area (Å²) in [7, 11) is 0. The van der Waals surface area contributed by atoms with E-state index < -0.39 is 0 Å². The van der Waals surface area contributed by atoms with E-state index >= 15 is 0 Å². The van der Waals surface area contributed by atoms with E-state index in [2.05, 4.69) is 43.3 Å². The van der Waals surface area contributed by atoms with Gasteiger partial charge in [-0.25, -0.2) is 0 Å². The van der Waals surface area contributed by atoms with Crippen molar-refractivity contribution in [3.63, 3.8) is 0 Å². The quantitative estimate of drug-likeness (QED) is 0.505. The number of hydrogen-bond acceptors (Lipinski definition) is 1. The lowest BCUT2D eigenvalue weighted by atomic mass is 10.2. The summed E-state index contributed by atoms with van der Waals surface area (Å²) in [5, 5.41) is 0. The average Bonchev–Trinajstić information content (AvgIpc) is 2.26. The average molecular weight is 204 g/mol. The van der Waals surface area contributed by atoms with E-state index in [0.717, 1.165) is 26.1 Å². The lowest BCUT2D eigenvalue weighted by Gasteiger charge is -2.03. The van der Waals surface area contributed by atoms with Crippen LogP contribution in [0.2, 0.25) is 0 Å². The molecule has 0 atom stereocenters. The maximum Gasteiger partial charge on any atom is 0.0716 e. The van der Waals surface area contributed by atoms with Crippen molar-refractivity contribution in [2.75, 3.05) is 6.61 Å². The van der Waals surface area contributed by atoms with Crippen molar-refractivity contribution in [3.8, 4) is 0 Å². The van der Waals surface area contributed by atoms with Gasteiger partial charge in [-0.1, -0.05) is 42.0 Å². The fourth-order valence-electron chi connectivity index (χ4n) is 1.34. The summed E-state index contributed by atoms with van der Waals surface area (Å²) >= 11 is 0. The first-order valence-electron chi connectivity index (χ1n) is 5.57. The molecular formula is C14H20O. The van der Waals surface area contributed by atoms with Gasteiger partial charge in [-0.05, 0) is 32.3 Å². The van der Waals surface area contributed by atoms with Gasteiger partial charge in [0.1, 0.15) is 0 Å². The normalized spacial score (nSPS) is 11.1. The summed E-state index contributed by atoms with van der Waals surface area (Å²) < 4.78 is 5.57. The van der Waals surface area contributed by atoms with Gasteiger partial charge in [0.05, 0.1) is 6.61 Å². The van der Waals surface area contributed by atoms with Crippen molar-refractivity contribution in [2.45, 2.75) is 33.3 Å². The van der Waals surface area contributed by atoms with Crippen molar-refractivity contribution in [1.29, 1.82) is 0 Å². The summed E-state index contributed by atoms with van der Waals surface area (Å²) in [5.74, 6) is 0. The zero-order chi connectivity index (χ0) is 10.9. The van der Waals surface area contributed by atoms with Crippen LogP contribution in [-0.2, 0) is 11.3 Å². The van der Waals surface area contributed by atoms with Crippen LogP contribution in [0.25, 0.3) is 0 Å². The van der Waals surface area contributed by atoms with Gasteiger partial charge in [0.2, 0.25) is 0 Å². The van der Waals surface area contributed by atoms with Gasteiger partial charge in [-0.15, -0.1) is 0 Å². The van der Waals surface area contributed by atoms with Gasteiger partial charge in [-0.3, -0.25) is 0 Å². The molecule has 1 aromatic carbocycles. The van der Waals surface area contributed by atoms with E-state index in [1.165, 1.54) is 11.1 Å². The SMILES string of the molecule is C/C=C/CCCOCc1ccc(C)cc1. The molecule has 0 amide bonds. The highest BCUT2D eigenvalue weighted by molar-refractivity contribution is 5.20. The first kappa shape index (κ1) is 12.0. The lowest BCUT2D eigenvalue weighted by molar-refractivity contribution is 0.119. The first-order chi connectivity index (χ1) is 7.33. The molecule has 0 saturated heterocycles. The first-order valence-corrected chi connectivity index (χ1v) is 5.57. The third-order valence-electron chi connectivity index (χ3n) is 2.28. The van der Waals surface area contributed by atoms with E-state index in [1.807, 2.05) is 6.92 Å². The Morgan fingerprint density at radius 1 is 1.20 bits per heavy atom. The highest BCUT2D eigenvalue weighted by atomic mass is 16.5. The molecule has 0 bridgehead atoms. The van der Waals surface area contributed by atoms with E-state index in [0.29, 0.717) is 0 Å². The molecule has 0 fully saturated rings. The minimum absolute atomic E-state index is 0.732. The minimum Gasteiger partial charge on any atom is -0.377 e. The summed E-state index contributed by atoms with van der Waals surface area (Å²) in [4.78, 5) is 0. The van der Waals surface area contributed by atoms with Crippen LogP contribution < -0.4 is 0 Å². The summed E-state index contributed by atoms with van der Waals surface area (Å²) in [6.07, 6.45) is 6.48. The maximum absolute atomic E-state index is 5.57. The van der Waals surface area contributed by atoms with Crippen LogP contribution in [-0.4, -0.2) is 6.61 Å². The molecule has 82 valence electrons. The van der Waals surface area contributed by atoms with E-state index in [-0.39, 0.29) is 0 Å². The fraction of sp³-hybridized carbons (Fsp3) is 0.429. The fourth-order valence-corrected chi connectivity index (χ4v) is 1.34. The molecule has 1 nitrogen and oxygen atoms in total. The van der Waals surface area contributed by atoms with Crippen LogP contribution in [0, 0.1) is 6.92 Å². The second-order valence-corrected chi connectivity index (χ2v) is 3.75. The molecule has 15 heavy (non-hydrogen) atoms. The van der Waals surface area contributed by atoms with Crippen molar-refractivity contribution >= 4 is 0 Å². The van der Waals surface area contributed by atoms with Gasteiger partial charge in [0, 0.05) is 6.61 Å². The molecule has 1 heteroatoms. The Hall–Kier alpha value is -1.08. The Bertz CT molecular complexity index is 285. The number of allylic oxidation sites excluding steroid dienone is 2. The van der Waals surface area contributed by atoms with Gasteiger partial charge < -0.3 is 4.74 Å². The number of benzene rings is 1. The monoisotopic (exact) mass is 204 g/mol. The molecule has 0 aliphatic heterocycles. The molecule has 0 radical (unpaired) electrons. The number of hydrogen-bond donors (Lipinski definition) is 0. The van der Waals surface area contributed by atoms with Crippen LogP contribution in [0.1, 0.15) is 30.9 Å². The third kappa shape index (κ3) is 5.38. The molecule has 1 rings (SSSR count). The molecule has 0 aromatic heterocycles. The summed E-state index contributed by atoms with van der Waals surface area (Å²) in [6, 6.07) is 8.50. The zero-order valence-electron chi connectivity index (χ0n) is 9.70. The smallest absolute Gasteiger partial charge is 0.0716 e. The van der Waals surface area contributed by atoms with Crippen LogP contribution in [0.4, 0.5) is 0 Å². The molecule has 0 N–H and O–H groups in total. The van der Waals surface area contributed by atoms with Gasteiger partial charge in [0.25, 0.3) is 0 Å². The molecule has 0 saturated carbocycles. The number of ether oxygens (including phenoxy) is 1. The Morgan fingerprint density at radius 2 is 1.93 bits per heavy atom. The van der Waals surface area contributed by atoms with Crippen molar-refractivity contribution < 1.29 is 4.74 Å². The summed E-state index contributed by atoms with van der Waals surface area (Å²) in [6.45, 7) is 5.73. The Balaban J connectivity index is 2.12. The van der Waals surface area contributed by atoms with Crippen LogP contribution in [0.15, 0.2) is 36.4 Å². The largest absolute Gasteiger partial charge is 0.377 e. The van der Waals surface area contributed by atoms with Gasteiger partial charge in [0.15, 0.2) is 0 Å². The molecule has 0 heterocycles. The Kier molecular flexibility index (Phi) is 5.79. The molecule has 0 spiro atoms. The van der Waals surface area contributed by atoms with Crippen LogP contribution >= 0.6 is 0 Å². The van der Waals surface area contributed by atoms with Crippen molar-refractivity contribution in [1.82, 2.24) is 0 Å². The molecule has 0 unspecified atom stereocenters. The number of unbranched alkanes of at least 4 members (excludes halogenated alkanes) is 1. The number of aryl methyl sites for hydroxylation is 1. The number of rotatable bonds is 6. The van der Waals surface area contributed by atoms with E-state index in [9.17, 15) is 0 Å². The Morgan fingerprint density at radius 3 is 2.60 bits per heavy atom. The van der Waals surface area contributed by atoms with Crippen molar-refractivity contribution in [3.05, 3.63) is 47.5 Å². The molecular weight excluding hydrogens is 184 g/mol. The highest BCUT2D eigenvalue weighted by Crippen LogP contribution is 2.05.